The summed E-state index contributed by atoms with van der Waals surface area (Å²) in [6.07, 6.45) is 4.14. The summed E-state index contributed by atoms with van der Waals surface area (Å²) in [6, 6.07) is 3.34. The molecule has 1 heterocycles. The number of nitrogens with two attached hydrogens (primary N) is 1. The molecule has 1 aromatic rings. The topological polar surface area (TPSA) is 59.1 Å². The second-order valence-electron chi connectivity index (χ2n) is 2.52. The zero-order chi connectivity index (χ0) is 9.68. The number of halogens is 1. The van der Waals surface area contributed by atoms with Gasteiger partial charge in [0.05, 0.1) is 11.4 Å². The first kappa shape index (κ1) is 10.0. The van der Waals surface area contributed by atoms with Crippen LogP contribution in [0.25, 0.3) is 6.08 Å². The van der Waals surface area contributed by atoms with E-state index in [-0.39, 0.29) is 6.61 Å². The highest BCUT2D eigenvalue weighted by Gasteiger charge is 1.96. The zero-order valence-corrected chi connectivity index (χ0v) is 7.83. The second-order valence-corrected chi connectivity index (χ2v) is 2.91. The van der Waals surface area contributed by atoms with Crippen LogP contribution in [0.4, 0.5) is 5.69 Å². The number of aromatic nitrogens is 1. The lowest BCUT2D eigenvalue weighted by Crippen LogP contribution is -1.92. The summed E-state index contributed by atoms with van der Waals surface area (Å²) in [5, 5.41) is 8.95. The highest BCUT2D eigenvalue weighted by atomic mass is 35.5. The van der Waals surface area contributed by atoms with E-state index in [0.29, 0.717) is 23.0 Å². The maximum absolute atomic E-state index is 8.54. The summed E-state index contributed by atoms with van der Waals surface area (Å²) in [6.45, 7) is 0.122. The fraction of sp³-hybridized carbons (Fsp3) is 0.222. The summed E-state index contributed by atoms with van der Waals surface area (Å²) < 4.78 is 0. The fourth-order valence-electron chi connectivity index (χ4n) is 0.864. The van der Waals surface area contributed by atoms with Crippen LogP contribution in [0.2, 0.25) is 5.15 Å². The van der Waals surface area contributed by atoms with Crippen molar-refractivity contribution in [2.75, 3.05) is 12.3 Å². The number of hydrogen-bond acceptors (Lipinski definition) is 3. The van der Waals surface area contributed by atoms with Crippen LogP contribution in [0.3, 0.4) is 0 Å². The molecule has 0 aliphatic heterocycles. The Bertz CT molecular complexity index is 312. The van der Waals surface area contributed by atoms with E-state index in [4.69, 9.17) is 22.4 Å². The van der Waals surface area contributed by atoms with E-state index >= 15 is 0 Å². The zero-order valence-electron chi connectivity index (χ0n) is 7.07. The molecule has 0 aliphatic rings. The number of pyridine rings is 1. The minimum absolute atomic E-state index is 0.122. The van der Waals surface area contributed by atoms with Gasteiger partial charge in [0.25, 0.3) is 0 Å². The molecule has 0 bridgehead atoms. The van der Waals surface area contributed by atoms with Crippen molar-refractivity contribution in [1.82, 2.24) is 4.98 Å². The molecule has 0 saturated carbocycles. The van der Waals surface area contributed by atoms with Gasteiger partial charge in [-0.1, -0.05) is 17.7 Å². The van der Waals surface area contributed by atoms with E-state index in [9.17, 15) is 0 Å². The van der Waals surface area contributed by atoms with Crippen LogP contribution in [0.1, 0.15) is 12.1 Å². The number of aliphatic hydroxyl groups is 1. The van der Waals surface area contributed by atoms with Crippen molar-refractivity contribution in [2.45, 2.75) is 6.42 Å². The van der Waals surface area contributed by atoms with Gasteiger partial charge in [0.15, 0.2) is 0 Å². The van der Waals surface area contributed by atoms with Gasteiger partial charge < -0.3 is 10.8 Å². The maximum atomic E-state index is 8.54. The van der Waals surface area contributed by atoms with Crippen LogP contribution in [0.15, 0.2) is 18.2 Å². The average molecular weight is 199 g/mol. The van der Waals surface area contributed by atoms with Crippen LogP contribution < -0.4 is 5.73 Å². The van der Waals surface area contributed by atoms with Crippen LogP contribution in [-0.4, -0.2) is 16.7 Å². The van der Waals surface area contributed by atoms with Gasteiger partial charge in [0, 0.05) is 6.61 Å². The van der Waals surface area contributed by atoms with Crippen molar-refractivity contribution in [3.8, 4) is 0 Å². The smallest absolute Gasteiger partial charge is 0.129 e. The highest BCUT2D eigenvalue weighted by Crippen LogP contribution is 2.14. The summed E-state index contributed by atoms with van der Waals surface area (Å²) in [4.78, 5) is 4.02. The van der Waals surface area contributed by atoms with E-state index in [1.807, 2.05) is 0 Å². The molecule has 0 amide bonds. The summed E-state index contributed by atoms with van der Waals surface area (Å²) >= 11 is 5.68. The van der Waals surface area contributed by atoms with Crippen molar-refractivity contribution in [3.63, 3.8) is 0 Å². The molecular weight excluding hydrogens is 188 g/mol. The third kappa shape index (κ3) is 3.05. The predicted molar refractivity (Wildman–Crippen MR) is 54.4 cm³/mol. The van der Waals surface area contributed by atoms with E-state index < -0.39 is 0 Å². The molecule has 0 saturated heterocycles. The average Bonchev–Trinajstić information content (AvgIpc) is 2.11. The molecule has 0 aliphatic carbocycles. The Morgan fingerprint density at radius 2 is 2.31 bits per heavy atom. The lowest BCUT2D eigenvalue weighted by atomic mass is 10.2. The van der Waals surface area contributed by atoms with Crippen LogP contribution in [0, 0.1) is 0 Å². The Balaban J connectivity index is 2.81. The molecule has 13 heavy (non-hydrogen) atoms. The lowest BCUT2D eigenvalue weighted by molar-refractivity contribution is 0.303. The summed E-state index contributed by atoms with van der Waals surface area (Å²) in [5.41, 5.74) is 6.86. The first-order chi connectivity index (χ1) is 6.24. The van der Waals surface area contributed by atoms with Gasteiger partial charge in [-0.3, -0.25) is 0 Å². The molecule has 0 radical (unpaired) electrons. The number of anilines is 1. The molecule has 3 N–H and O–H groups in total. The maximum Gasteiger partial charge on any atom is 0.129 e. The Hall–Kier alpha value is -1.06. The van der Waals surface area contributed by atoms with Crippen LogP contribution >= 0.6 is 11.6 Å². The quantitative estimate of drug-likeness (QED) is 0.727. The molecule has 3 nitrogen and oxygen atoms in total. The molecule has 1 aromatic heterocycles. The molecule has 0 atom stereocenters. The third-order valence-electron chi connectivity index (χ3n) is 1.49. The number of hydrogen-bond donors (Lipinski definition) is 2. The number of aliphatic hydroxyl groups excluding tert-OH is 1. The fourth-order valence-corrected chi connectivity index (χ4v) is 1.02. The third-order valence-corrected chi connectivity index (χ3v) is 1.71. The van der Waals surface area contributed by atoms with Crippen molar-refractivity contribution >= 4 is 23.4 Å². The number of rotatable bonds is 3. The van der Waals surface area contributed by atoms with E-state index in [1.54, 1.807) is 24.3 Å². The summed E-state index contributed by atoms with van der Waals surface area (Å²) in [7, 11) is 0. The first-order valence-corrected chi connectivity index (χ1v) is 4.31. The molecule has 70 valence electrons. The Kier molecular flexibility index (Phi) is 3.73. The Morgan fingerprint density at radius 1 is 1.54 bits per heavy atom. The van der Waals surface area contributed by atoms with Crippen molar-refractivity contribution in [3.05, 3.63) is 29.1 Å². The number of nitrogen functional groups attached to an aromatic ring is 1. The van der Waals surface area contributed by atoms with Crippen molar-refractivity contribution < 1.29 is 5.11 Å². The number of nitrogens with zero attached hydrogens (tertiary/aromatic N) is 1. The van der Waals surface area contributed by atoms with Crippen LogP contribution in [0.5, 0.6) is 0 Å². The van der Waals surface area contributed by atoms with Gasteiger partial charge in [0.1, 0.15) is 5.15 Å². The standard InChI is InChI=1S/C9H11ClN2O/c10-9-5-4-7(11)8(12-9)3-1-2-6-13/h1,3-5,13H,2,6,11H2. The summed E-state index contributed by atoms with van der Waals surface area (Å²) in [5.74, 6) is 0. The first-order valence-electron chi connectivity index (χ1n) is 3.93. The molecule has 0 fully saturated rings. The van der Waals surface area contributed by atoms with Crippen molar-refractivity contribution in [2.24, 2.45) is 0 Å². The van der Waals surface area contributed by atoms with Crippen LogP contribution in [-0.2, 0) is 0 Å². The molecule has 0 unspecified atom stereocenters. The molecule has 1 rings (SSSR count). The predicted octanol–water partition coefficient (Wildman–Crippen LogP) is 1.71. The molecular formula is C9H11ClN2O. The molecule has 0 spiro atoms. The Labute approximate surface area is 81.9 Å². The monoisotopic (exact) mass is 198 g/mol. The van der Waals surface area contributed by atoms with Gasteiger partial charge in [-0.2, -0.15) is 0 Å². The van der Waals surface area contributed by atoms with E-state index in [0.717, 1.165) is 0 Å². The highest BCUT2D eigenvalue weighted by molar-refractivity contribution is 6.29. The second kappa shape index (κ2) is 4.84. The van der Waals surface area contributed by atoms with E-state index in [2.05, 4.69) is 4.98 Å². The normalized spacial score (nSPS) is 10.9. The van der Waals surface area contributed by atoms with Gasteiger partial charge in [-0.05, 0) is 24.6 Å². The molecule has 4 heteroatoms. The minimum Gasteiger partial charge on any atom is -0.397 e. The largest absolute Gasteiger partial charge is 0.397 e. The Morgan fingerprint density at radius 3 is 3.00 bits per heavy atom. The SMILES string of the molecule is Nc1ccc(Cl)nc1C=CCCO. The van der Waals surface area contributed by atoms with Gasteiger partial charge >= 0.3 is 0 Å². The van der Waals surface area contributed by atoms with Gasteiger partial charge in [-0.15, -0.1) is 0 Å². The van der Waals surface area contributed by atoms with E-state index in [1.165, 1.54) is 0 Å². The van der Waals surface area contributed by atoms with Crippen molar-refractivity contribution in [1.29, 1.82) is 0 Å². The molecule has 0 aromatic carbocycles. The van der Waals surface area contributed by atoms with Gasteiger partial charge in [-0.25, -0.2) is 4.98 Å². The van der Waals surface area contributed by atoms with Gasteiger partial charge in [0.2, 0.25) is 0 Å². The minimum atomic E-state index is 0.122. The lowest BCUT2D eigenvalue weighted by Gasteiger charge is -1.98.